The van der Waals surface area contributed by atoms with Gasteiger partial charge in [0.15, 0.2) is 0 Å². The molecule has 0 saturated heterocycles. The van der Waals surface area contributed by atoms with Crippen LogP contribution in [0.15, 0.2) is 18.2 Å². The third-order valence-corrected chi connectivity index (χ3v) is 2.63. The number of hydrogen-bond acceptors (Lipinski definition) is 4. The van der Waals surface area contributed by atoms with Crippen LogP contribution in [0.5, 0.6) is 5.75 Å². The SMILES string of the molecule is CC(C)(C)OC(=O)Nc1ccc(O)cc1C(CN)C(F)F. The molecular weight excluding hydrogens is 282 g/mol. The number of benzene rings is 1. The molecular formula is C14H20F2N2O3. The van der Waals surface area contributed by atoms with E-state index in [0.717, 1.165) is 6.07 Å². The van der Waals surface area contributed by atoms with E-state index < -0.39 is 24.0 Å². The number of hydrogen-bond donors (Lipinski definition) is 3. The predicted octanol–water partition coefficient (Wildman–Crippen LogP) is 3.05. The number of ether oxygens (including phenoxy) is 1. The first-order valence-corrected chi connectivity index (χ1v) is 6.45. The van der Waals surface area contributed by atoms with Crippen LogP contribution in [0.4, 0.5) is 19.3 Å². The van der Waals surface area contributed by atoms with E-state index >= 15 is 0 Å². The molecule has 1 aromatic carbocycles. The number of carbonyl (C=O) groups is 1. The van der Waals surface area contributed by atoms with Gasteiger partial charge in [0.2, 0.25) is 6.43 Å². The van der Waals surface area contributed by atoms with Crippen molar-refractivity contribution in [1.29, 1.82) is 0 Å². The summed E-state index contributed by atoms with van der Waals surface area (Å²) >= 11 is 0. The average Bonchev–Trinajstić information content (AvgIpc) is 2.30. The van der Waals surface area contributed by atoms with Crippen LogP contribution in [0, 0.1) is 0 Å². The topological polar surface area (TPSA) is 84.6 Å². The second-order valence-electron chi connectivity index (χ2n) is 5.58. The van der Waals surface area contributed by atoms with E-state index in [2.05, 4.69) is 5.32 Å². The van der Waals surface area contributed by atoms with Crippen LogP contribution in [0.2, 0.25) is 0 Å². The van der Waals surface area contributed by atoms with Crippen molar-refractivity contribution in [2.24, 2.45) is 5.73 Å². The second-order valence-corrected chi connectivity index (χ2v) is 5.58. The van der Waals surface area contributed by atoms with Gasteiger partial charge in [0.1, 0.15) is 11.4 Å². The lowest BCUT2D eigenvalue weighted by Gasteiger charge is -2.22. The van der Waals surface area contributed by atoms with Crippen molar-refractivity contribution < 1.29 is 23.4 Å². The van der Waals surface area contributed by atoms with Crippen molar-refractivity contribution in [3.63, 3.8) is 0 Å². The molecule has 0 heterocycles. The molecule has 1 atom stereocenters. The number of aromatic hydroxyl groups is 1. The minimum Gasteiger partial charge on any atom is -0.508 e. The summed E-state index contributed by atoms with van der Waals surface area (Å²) in [5, 5.41) is 11.9. The van der Waals surface area contributed by atoms with Gasteiger partial charge in [-0.05, 0) is 44.5 Å². The lowest BCUT2D eigenvalue weighted by Crippen LogP contribution is -2.28. The van der Waals surface area contributed by atoms with Gasteiger partial charge in [-0.3, -0.25) is 5.32 Å². The normalized spacial score (nSPS) is 13.1. The lowest BCUT2D eigenvalue weighted by molar-refractivity contribution is 0.0634. The summed E-state index contributed by atoms with van der Waals surface area (Å²) in [4.78, 5) is 11.7. The third-order valence-electron chi connectivity index (χ3n) is 2.63. The standard InChI is InChI=1S/C14H20F2N2O3/c1-14(2,3)21-13(20)18-11-5-4-8(19)6-9(11)10(7-17)12(15)16/h4-6,10,12,19H,7,17H2,1-3H3,(H,18,20). The van der Waals surface area contributed by atoms with Gasteiger partial charge in [0.05, 0.1) is 5.92 Å². The highest BCUT2D eigenvalue weighted by molar-refractivity contribution is 5.86. The van der Waals surface area contributed by atoms with Crippen molar-refractivity contribution in [2.45, 2.75) is 38.7 Å². The Kier molecular flexibility index (Phi) is 5.48. The molecule has 1 rings (SSSR count). The van der Waals surface area contributed by atoms with Crippen LogP contribution >= 0.6 is 0 Å². The van der Waals surface area contributed by atoms with E-state index in [4.69, 9.17) is 10.5 Å². The van der Waals surface area contributed by atoms with E-state index in [0.29, 0.717) is 0 Å². The van der Waals surface area contributed by atoms with Crippen LogP contribution in [-0.2, 0) is 4.74 Å². The first-order chi connectivity index (χ1) is 9.64. The fraction of sp³-hybridized carbons (Fsp3) is 0.500. The average molecular weight is 302 g/mol. The van der Waals surface area contributed by atoms with Gasteiger partial charge in [-0.15, -0.1) is 0 Å². The number of phenols is 1. The van der Waals surface area contributed by atoms with Gasteiger partial charge in [0, 0.05) is 12.2 Å². The second kappa shape index (κ2) is 6.71. The van der Waals surface area contributed by atoms with Crippen molar-refractivity contribution in [3.8, 4) is 5.75 Å². The van der Waals surface area contributed by atoms with Crippen LogP contribution < -0.4 is 11.1 Å². The molecule has 0 fully saturated rings. The summed E-state index contributed by atoms with van der Waals surface area (Å²) in [6, 6.07) is 3.78. The molecule has 0 aromatic heterocycles. The monoisotopic (exact) mass is 302 g/mol. The largest absolute Gasteiger partial charge is 0.508 e. The Bertz CT molecular complexity index is 501. The van der Waals surface area contributed by atoms with Crippen LogP contribution in [-0.4, -0.2) is 29.8 Å². The predicted molar refractivity (Wildman–Crippen MR) is 75.8 cm³/mol. The highest BCUT2D eigenvalue weighted by Crippen LogP contribution is 2.32. The van der Waals surface area contributed by atoms with Crippen LogP contribution in [0.1, 0.15) is 32.3 Å². The zero-order chi connectivity index (χ0) is 16.2. The molecule has 0 aliphatic heterocycles. The van der Waals surface area contributed by atoms with Crippen molar-refractivity contribution >= 4 is 11.8 Å². The third kappa shape index (κ3) is 5.18. The van der Waals surface area contributed by atoms with E-state index in [-0.39, 0.29) is 23.5 Å². The maximum absolute atomic E-state index is 13.0. The maximum atomic E-state index is 13.0. The number of nitrogens with one attached hydrogen (secondary N) is 1. The van der Waals surface area contributed by atoms with Crippen LogP contribution in [0.3, 0.4) is 0 Å². The molecule has 4 N–H and O–H groups in total. The fourth-order valence-electron chi connectivity index (χ4n) is 1.75. The Morgan fingerprint density at radius 3 is 2.52 bits per heavy atom. The van der Waals surface area contributed by atoms with Crippen molar-refractivity contribution in [1.82, 2.24) is 0 Å². The number of halogens is 2. The molecule has 7 heteroatoms. The van der Waals surface area contributed by atoms with Gasteiger partial charge in [-0.1, -0.05) is 0 Å². The Balaban J connectivity index is 3.04. The maximum Gasteiger partial charge on any atom is 0.412 e. The van der Waals surface area contributed by atoms with E-state index in [1.165, 1.54) is 12.1 Å². The molecule has 1 unspecified atom stereocenters. The minimum atomic E-state index is -2.71. The quantitative estimate of drug-likeness (QED) is 0.746. The molecule has 5 nitrogen and oxygen atoms in total. The summed E-state index contributed by atoms with van der Waals surface area (Å²) in [6.07, 6.45) is -3.48. The van der Waals surface area contributed by atoms with Crippen molar-refractivity contribution in [3.05, 3.63) is 23.8 Å². The number of nitrogens with two attached hydrogens (primary N) is 1. The molecule has 118 valence electrons. The minimum absolute atomic E-state index is 0.0679. The summed E-state index contributed by atoms with van der Waals surface area (Å²) in [6.45, 7) is 4.74. The number of rotatable bonds is 4. The molecule has 1 aromatic rings. The molecule has 1 amide bonds. The Morgan fingerprint density at radius 1 is 1.43 bits per heavy atom. The van der Waals surface area contributed by atoms with Gasteiger partial charge < -0.3 is 15.6 Å². The number of anilines is 1. The van der Waals surface area contributed by atoms with E-state index in [1.54, 1.807) is 20.8 Å². The zero-order valence-electron chi connectivity index (χ0n) is 12.2. The fourth-order valence-corrected chi connectivity index (χ4v) is 1.75. The first kappa shape index (κ1) is 17.2. The van der Waals surface area contributed by atoms with Gasteiger partial charge >= 0.3 is 6.09 Å². The van der Waals surface area contributed by atoms with Crippen molar-refractivity contribution in [2.75, 3.05) is 11.9 Å². The number of amides is 1. The Morgan fingerprint density at radius 2 is 2.05 bits per heavy atom. The van der Waals surface area contributed by atoms with Gasteiger partial charge in [-0.2, -0.15) is 0 Å². The summed E-state index contributed by atoms with van der Waals surface area (Å²) in [7, 11) is 0. The summed E-state index contributed by atoms with van der Waals surface area (Å²) in [5.41, 5.74) is 4.85. The van der Waals surface area contributed by atoms with E-state index in [1.807, 2.05) is 0 Å². The molecule has 0 aliphatic rings. The van der Waals surface area contributed by atoms with Crippen LogP contribution in [0.25, 0.3) is 0 Å². The van der Waals surface area contributed by atoms with Gasteiger partial charge in [0.25, 0.3) is 0 Å². The van der Waals surface area contributed by atoms with E-state index in [9.17, 15) is 18.7 Å². The number of alkyl halides is 2. The number of phenolic OH excluding ortho intramolecular Hbond substituents is 1. The highest BCUT2D eigenvalue weighted by Gasteiger charge is 2.25. The smallest absolute Gasteiger partial charge is 0.412 e. The highest BCUT2D eigenvalue weighted by atomic mass is 19.3. The first-order valence-electron chi connectivity index (χ1n) is 6.45. The Labute approximate surface area is 122 Å². The zero-order valence-corrected chi connectivity index (χ0v) is 12.2. The number of carbonyl (C=O) groups excluding carboxylic acids is 1. The molecule has 0 saturated carbocycles. The molecule has 0 aliphatic carbocycles. The lowest BCUT2D eigenvalue weighted by atomic mass is 9.97. The molecule has 21 heavy (non-hydrogen) atoms. The molecule has 0 bridgehead atoms. The summed E-state index contributed by atoms with van der Waals surface area (Å²) in [5.74, 6) is -1.47. The van der Waals surface area contributed by atoms with Gasteiger partial charge in [-0.25, -0.2) is 13.6 Å². The molecule has 0 spiro atoms. The molecule has 0 radical (unpaired) electrons. The summed E-state index contributed by atoms with van der Waals surface area (Å²) < 4.78 is 31.1. The Hall–Kier alpha value is -1.89.